The molecule has 2 aromatic carbocycles. The lowest BCUT2D eigenvalue weighted by atomic mass is 10.2. The van der Waals surface area contributed by atoms with Crippen molar-refractivity contribution in [3.8, 4) is 11.5 Å². The number of amides is 1. The second-order valence-electron chi connectivity index (χ2n) is 5.33. The Bertz CT molecular complexity index is 876. The summed E-state index contributed by atoms with van der Waals surface area (Å²) in [7, 11) is 1.58. The molecule has 26 heavy (non-hydrogen) atoms. The number of para-hydroxylation sites is 1. The number of carbonyl (C=O) groups is 1. The Morgan fingerprint density at radius 2 is 2.00 bits per heavy atom. The summed E-state index contributed by atoms with van der Waals surface area (Å²) in [5.74, 6) is 1.06. The van der Waals surface area contributed by atoms with Crippen molar-refractivity contribution in [2.24, 2.45) is 4.99 Å². The van der Waals surface area contributed by atoms with Crippen molar-refractivity contribution in [3.05, 3.63) is 71.7 Å². The van der Waals surface area contributed by atoms with Crippen molar-refractivity contribution < 1.29 is 14.3 Å². The number of aliphatic imine (C=N–C) groups is 1. The monoisotopic (exact) mass is 366 g/mol. The van der Waals surface area contributed by atoms with Gasteiger partial charge in [0.25, 0.3) is 5.91 Å². The zero-order valence-electron chi connectivity index (χ0n) is 14.3. The molecule has 1 fully saturated rings. The lowest BCUT2D eigenvalue weighted by Gasteiger charge is -2.09. The van der Waals surface area contributed by atoms with Crippen molar-refractivity contribution in [1.29, 1.82) is 0 Å². The maximum absolute atomic E-state index is 12.2. The molecule has 0 atom stereocenters. The highest BCUT2D eigenvalue weighted by Gasteiger charge is 2.23. The van der Waals surface area contributed by atoms with E-state index in [-0.39, 0.29) is 5.91 Å². The summed E-state index contributed by atoms with van der Waals surface area (Å²) in [6.45, 7) is 4.03. The first-order valence-corrected chi connectivity index (χ1v) is 8.77. The van der Waals surface area contributed by atoms with Crippen LogP contribution in [0.1, 0.15) is 5.56 Å². The average Bonchev–Trinajstić information content (AvgIpc) is 3.00. The number of rotatable bonds is 6. The van der Waals surface area contributed by atoms with E-state index >= 15 is 0 Å². The smallest absolute Gasteiger partial charge is 0.264 e. The molecule has 1 N–H and O–H groups in total. The first-order chi connectivity index (χ1) is 12.7. The number of thioether (sulfide) groups is 1. The molecular weight excluding hydrogens is 348 g/mol. The van der Waals surface area contributed by atoms with Crippen LogP contribution in [0.5, 0.6) is 11.5 Å². The van der Waals surface area contributed by atoms with Gasteiger partial charge in [-0.15, -0.1) is 0 Å². The van der Waals surface area contributed by atoms with Crippen LogP contribution in [0.25, 0.3) is 6.08 Å². The lowest BCUT2D eigenvalue weighted by Crippen LogP contribution is -2.19. The van der Waals surface area contributed by atoms with Crippen molar-refractivity contribution >= 4 is 34.6 Å². The number of nitrogens with zero attached hydrogens (tertiary/aromatic N) is 1. The molecule has 0 unspecified atom stereocenters. The van der Waals surface area contributed by atoms with Gasteiger partial charge in [-0.2, -0.15) is 0 Å². The first kappa shape index (κ1) is 17.8. The van der Waals surface area contributed by atoms with E-state index in [9.17, 15) is 4.79 Å². The highest BCUT2D eigenvalue weighted by molar-refractivity contribution is 8.18. The molecule has 0 saturated carbocycles. The number of methoxy groups -OCH3 is 1. The largest absolute Gasteiger partial charge is 0.493 e. The fraction of sp³-hybridized carbons (Fsp3) is 0.100. The van der Waals surface area contributed by atoms with Gasteiger partial charge in [-0.25, -0.2) is 4.99 Å². The predicted octanol–water partition coefficient (Wildman–Crippen LogP) is 4.15. The number of nitrogens with one attached hydrogen (secondary N) is 1. The normalized spacial score (nSPS) is 16.6. The van der Waals surface area contributed by atoms with Crippen LogP contribution in [-0.2, 0) is 4.79 Å². The highest BCUT2D eigenvalue weighted by atomic mass is 32.2. The summed E-state index contributed by atoms with van der Waals surface area (Å²) in [5, 5.41) is 3.34. The van der Waals surface area contributed by atoms with Gasteiger partial charge in [-0.3, -0.25) is 4.79 Å². The molecule has 6 heteroatoms. The molecule has 0 radical (unpaired) electrons. The van der Waals surface area contributed by atoms with Gasteiger partial charge in [0.1, 0.15) is 6.61 Å². The van der Waals surface area contributed by atoms with Crippen LogP contribution in [0.15, 0.2) is 71.1 Å². The quantitative estimate of drug-likeness (QED) is 0.616. The van der Waals surface area contributed by atoms with E-state index in [4.69, 9.17) is 9.47 Å². The van der Waals surface area contributed by atoms with Crippen molar-refractivity contribution in [2.75, 3.05) is 13.7 Å². The topological polar surface area (TPSA) is 59.9 Å². The Labute approximate surface area is 156 Å². The first-order valence-electron chi connectivity index (χ1n) is 7.96. The third-order valence-corrected chi connectivity index (χ3v) is 4.39. The minimum atomic E-state index is -0.171. The van der Waals surface area contributed by atoms with E-state index < -0.39 is 0 Å². The number of hydrogen-bond acceptors (Lipinski definition) is 5. The Kier molecular flexibility index (Phi) is 5.76. The summed E-state index contributed by atoms with van der Waals surface area (Å²) in [6.07, 6.45) is 3.47. The molecule has 0 aliphatic carbocycles. The van der Waals surface area contributed by atoms with Crippen LogP contribution in [-0.4, -0.2) is 24.8 Å². The van der Waals surface area contributed by atoms with Crippen molar-refractivity contribution in [3.63, 3.8) is 0 Å². The summed E-state index contributed by atoms with van der Waals surface area (Å²) in [5.41, 5.74) is 1.63. The standard InChI is InChI=1S/C20H18N2O3S/c1-3-11-25-16-10-9-14(12-17(16)24-2)13-18-19(23)22-20(26-18)21-15-7-5-4-6-8-15/h3-10,12-13H,1,11H2,2H3,(H,21,22,23)/b18-13+. The summed E-state index contributed by atoms with van der Waals surface area (Å²) in [4.78, 5) is 17.2. The second kappa shape index (κ2) is 8.40. The number of amidine groups is 1. The minimum Gasteiger partial charge on any atom is -0.493 e. The third kappa shape index (κ3) is 4.34. The van der Waals surface area contributed by atoms with Gasteiger partial charge in [0.05, 0.1) is 17.7 Å². The Morgan fingerprint density at radius 1 is 1.19 bits per heavy atom. The number of hydrogen-bond donors (Lipinski definition) is 1. The number of carbonyl (C=O) groups excluding carboxylic acids is 1. The number of ether oxygens (including phenoxy) is 2. The molecule has 132 valence electrons. The Morgan fingerprint density at radius 3 is 2.73 bits per heavy atom. The summed E-state index contributed by atoms with van der Waals surface area (Å²) >= 11 is 1.31. The molecule has 1 saturated heterocycles. The Balaban J connectivity index is 1.80. The molecule has 1 amide bonds. The van der Waals surface area contributed by atoms with Gasteiger partial charge >= 0.3 is 0 Å². The van der Waals surface area contributed by atoms with Gasteiger partial charge in [-0.05, 0) is 47.7 Å². The Hall–Kier alpha value is -2.99. The molecule has 2 aromatic rings. The summed E-state index contributed by atoms with van der Waals surface area (Å²) < 4.78 is 10.9. The van der Waals surface area contributed by atoms with E-state index in [2.05, 4.69) is 16.9 Å². The fourth-order valence-corrected chi connectivity index (χ4v) is 3.14. The molecule has 1 aliphatic rings. The van der Waals surface area contributed by atoms with Crippen molar-refractivity contribution in [1.82, 2.24) is 5.32 Å². The summed E-state index contributed by atoms with van der Waals surface area (Å²) in [6, 6.07) is 15.0. The van der Waals surface area contributed by atoms with Gasteiger partial charge in [0.15, 0.2) is 16.7 Å². The van der Waals surface area contributed by atoms with Gasteiger partial charge in [0.2, 0.25) is 0 Å². The van der Waals surface area contributed by atoms with E-state index in [0.717, 1.165) is 11.3 Å². The van der Waals surface area contributed by atoms with E-state index in [1.165, 1.54) is 11.8 Å². The van der Waals surface area contributed by atoms with Gasteiger partial charge < -0.3 is 14.8 Å². The SMILES string of the molecule is C=CCOc1ccc(/C=C2/SC(=Nc3ccccc3)NC2=O)cc1OC. The maximum Gasteiger partial charge on any atom is 0.264 e. The average molecular weight is 366 g/mol. The van der Waals surface area contributed by atoms with Crippen LogP contribution >= 0.6 is 11.8 Å². The third-order valence-electron chi connectivity index (χ3n) is 3.48. The van der Waals surface area contributed by atoms with Crippen LogP contribution < -0.4 is 14.8 Å². The molecule has 3 rings (SSSR count). The molecule has 5 nitrogen and oxygen atoms in total. The number of benzene rings is 2. The van der Waals surface area contributed by atoms with Crippen LogP contribution in [0.2, 0.25) is 0 Å². The van der Waals surface area contributed by atoms with Gasteiger partial charge in [0, 0.05) is 0 Å². The van der Waals surface area contributed by atoms with E-state index in [1.807, 2.05) is 48.5 Å². The van der Waals surface area contributed by atoms with Crippen LogP contribution in [0, 0.1) is 0 Å². The maximum atomic E-state index is 12.2. The zero-order valence-corrected chi connectivity index (χ0v) is 15.1. The van der Waals surface area contributed by atoms with Gasteiger partial charge in [-0.1, -0.05) is 36.9 Å². The molecule has 1 heterocycles. The van der Waals surface area contributed by atoms with Crippen LogP contribution in [0.3, 0.4) is 0 Å². The highest BCUT2D eigenvalue weighted by Crippen LogP contribution is 2.32. The molecule has 0 bridgehead atoms. The fourth-order valence-electron chi connectivity index (χ4n) is 2.29. The minimum absolute atomic E-state index is 0.171. The molecule has 1 aliphatic heterocycles. The second-order valence-corrected chi connectivity index (χ2v) is 6.36. The molecular formula is C20H18N2O3S. The lowest BCUT2D eigenvalue weighted by molar-refractivity contribution is -0.115. The van der Waals surface area contributed by atoms with E-state index in [1.54, 1.807) is 19.3 Å². The van der Waals surface area contributed by atoms with Crippen LogP contribution in [0.4, 0.5) is 5.69 Å². The van der Waals surface area contributed by atoms with E-state index in [0.29, 0.717) is 28.2 Å². The van der Waals surface area contributed by atoms with Crippen molar-refractivity contribution in [2.45, 2.75) is 0 Å². The predicted molar refractivity (Wildman–Crippen MR) is 106 cm³/mol. The zero-order chi connectivity index (χ0) is 18.4. The molecule has 0 spiro atoms. The molecule has 0 aromatic heterocycles.